The van der Waals surface area contributed by atoms with E-state index in [0.29, 0.717) is 17.6 Å². The van der Waals surface area contributed by atoms with E-state index in [-0.39, 0.29) is 30.0 Å². The second-order valence-electron chi connectivity index (χ2n) is 6.52. The van der Waals surface area contributed by atoms with Crippen molar-refractivity contribution in [3.63, 3.8) is 0 Å². The van der Waals surface area contributed by atoms with E-state index in [1.54, 1.807) is 0 Å². The van der Waals surface area contributed by atoms with E-state index >= 15 is 0 Å². The average Bonchev–Trinajstić information content (AvgIpc) is 3.46. The van der Waals surface area contributed by atoms with E-state index in [1.165, 1.54) is 19.4 Å². The van der Waals surface area contributed by atoms with E-state index in [0.717, 1.165) is 12.8 Å². The number of aliphatic carboxylic acids is 1. The normalized spacial score (nSPS) is 14.9. The summed E-state index contributed by atoms with van der Waals surface area (Å²) in [5.41, 5.74) is 5.24. The summed E-state index contributed by atoms with van der Waals surface area (Å²) < 4.78 is 44.8. The van der Waals surface area contributed by atoms with Crippen molar-refractivity contribution in [2.45, 2.75) is 37.5 Å². The van der Waals surface area contributed by atoms with Gasteiger partial charge in [0.05, 0.1) is 13.3 Å². The second-order valence-corrected chi connectivity index (χ2v) is 6.52. The first kappa shape index (κ1) is 20.6. The third kappa shape index (κ3) is 5.22. The minimum absolute atomic E-state index is 0.0157. The van der Waals surface area contributed by atoms with Crippen LogP contribution >= 0.6 is 0 Å². The van der Waals surface area contributed by atoms with E-state index in [1.807, 2.05) is 0 Å². The fourth-order valence-electron chi connectivity index (χ4n) is 2.47. The van der Waals surface area contributed by atoms with Crippen LogP contribution in [0.25, 0.3) is 0 Å². The maximum atomic E-state index is 13.2. The predicted octanol–water partition coefficient (Wildman–Crippen LogP) is 2.17. The van der Waals surface area contributed by atoms with Gasteiger partial charge in [0, 0.05) is 30.4 Å². The van der Waals surface area contributed by atoms with Crippen LogP contribution in [0.2, 0.25) is 0 Å². The topological polar surface area (TPSA) is 135 Å². The average molecular weight is 412 g/mol. The van der Waals surface area contributed by atoms with Gasteiger partial charge in [-0.15, -0.1) is 0 Å². The zero-order valence-electron chi connectivity index (χ0n) is 15.3. The number of carboxylic acids is 1. The molecule has 9 nitrogen and oxygen atoms in total. The number of ether oxygens (including phenoxy) is 1. The zero-order chi connectivity index (χ0) is 21.2. The van der Waals surface area contributed by atoms with Crippen molar-refractivity contribution in [3.05, 3.63) is 29.7 Å². The molecule has 1 atom stereocenters. The monoisotopic (exact) mass is 412 g/mol. The Labute approximate surface area is 163 Å². The van der Waals surface area contributed by atoms with Gasteiger partial charge >= 0.3 is 12.1 Å². The number of halogens is 3. The third-order valence-electron chi connectivity index (χ3n) is 4.15. The molecule has 1 saturated carbocycles. The summed E-state index contributed by atoms with van der Waals surface area (Å²) in [4.78, 5) is 22.7. The van der Waals surface area contributed by atoms with Crippen LogP contribution in [-0.4, -0.2) is 45.2 Å². The molecule has 0 amide bonds. The maximum absolute atomic E-state index is 13.2. The Bertz CT molecular complexity index is 904. The lowest BCUT2D eigenvalue weighted by atomic mass is 10.1. The Balaban J connectivity index is 1.84. The van der Waals surface area contributed by atoms with E-state index in [9.17, 15) is 18.0 Å². The van der Waals surface area contributed by atoms with Crippen LogP contribution in [-0.2, 0) is 17.4 Å². The van der Waals surface area contributed by atoms with Crippen LogP contribution in [0, 0.1) is 0 Å². The number of aromatic nitrogens is 3. The second kappa shape index (κ2) is 8.07. The minimum Gasteiger partial charge on any atom is -0.494 e. The molecule has 2 aromatic rings. The summed E-state index contributed by atoms with van der Waals surface area (Å²) in [5, 5.41) is 14.4. The van der Waals surface area contributed by atoms with Gasteiger partial charge in [0.1, 0.15) is 28.9 Å². The van der Waals surface area contributed by atoms with Crippen LogP contribution < -0.4 is 21.1 Å². The van der Waals surface area contributed by atoms with Crippen LogP contribution in [0.4, 0.5) is 30.6 Å². The molecule has 2 aromatic heterocycles. The quantitative estimate of drug-likeness (QED) is 0.514. The highest BCUT2D eigenvalue weighted by Gasteiger charge is 2.37. The van der Waals surface area contributed by atoms with Gasteiger partial charge in [0.2, 0.25) is 5.95 Å². The first-order valence-electron chi connectivity index (χ1n) is 8.66. The fraction of sp³-hybridized carbons (Fsp3) is 0.412. The molecule has 0 saturated heterocycles. The maximum Gasteiger partial charge on any atom is 0.421 e. The molecule has 0 spiro atoms. The summed E-state index contributed by atoms with van der Waals surface area (Å²) in [5.74, 6) is -1.25. The van der Waals surface area contributed by atoms with Crippen molar-refractivity contribution in [2.24, 2.45) is 5.73 Å². The number of methoxy groups -OCH3 is 1. The largest absolute Gasteiger partial charge is 0.494 e. The molecule has 5 N–H and O–H groups in total. The van der Waals surface area contributed by atoms with Gasteiger partial charge in [0.15, 0.2) is 0 Å². The van der Waals surface area contributed by atoms with Crippen molar-refractivity contribution in [1.82, 2.24) is 15.0 Å². The Morgan fingerprint density at radius 1 is 1.38 bits per heavy atom. The first-order chi connectivity index (χ1) is 13.7. The van der Waals surface area contributed by atoms with Crippen molar-refractivity contribution in [1.29, 1.82) is 0 Å². The SMILES string of the molecule is COc1cc(C[C@H](N)C(=O)O)ncc1Nc1ncc(C(F)(F)F)c(NC2CC2)n1. The summed E-state index contributed by atoms with van der Waals surface area (Å²) in [6.07, 6.45) is -0.987. The fourth-order valence-corrected chi connectivity index (χ4v) is 2.47. The molecule has 29 heavy (non-hydrogen) atoms. The molecule has 0 unspecified atom stereocenters. The van der Waals surface area contributed by atoms with Crippen molar-refractivity contribution in [3.8, 4) is 5.75 Å². The van der Waals surface area contributed by atoms with Crippen molar-refractivity contribution < 1.29 is 27.8 Å². The lowest BCUT2D eigenvalue weighted by molar-refractivity contribution is -0.139. The number of nitrogens with two attached hydrogens (primary N) is 1. The van der Waals surface area contributed by atoms with E-state index in [2.05, 4.69) is 25.6 Å². The van der Waals surface area contributed by atoms with Gasteiger partial charge in [-0.05, 0) is 12.8 Å². The molecule has 156 valence electrons. The highest BCUT2D eigenvalue weighted by molar-refractivity contribution is 5.73. The Hall–Kier alpha value is -3.15. The lowest BCUT2D eigenvalue weighted by Crippen LogP contribution is -2.32. The lowest BCUT2D eigenvalue weighted by Gasteiger charge is -2.15. The molecular formula is C17H19F3N6O3. The number of carboxylic acid groups (broad SMARTS) is 1. The summed E-state index contributed by atoms with van der Waals surface area (Å²) in [7, 11) is 1.38. The van der Waals surface area contributed by atoms with E-state index < -0.39 is 23.8 Å². The standard InChI is InChI=1S/C17H19F3N6O3/c1-29-13-5-9(4-11(21)15(27)28)22-7-12(13)25-16-23-6-10(17(18,19)20)14(26-16)24-8-2-3-8/h5-8,11H,2-4,21H2,1H3,(H,27,28)(H2,23,24,25,26)/t11-/m0/s1. The van der Waals surface area contributed by atoms with E-state index in [4.69, 9.17) is 15.6 Å². The molecule has 0 bridgehead atoms. The number of anilines is 3. The molecule has 3 rings (SSSR count). The van der Waals surface area contributed by atoms with Crippen LogP contribution in [0.1, 0.15) is 24.1 Å². The predicted molar refractivity (Wildman–Crippen MR) is 97.1 cm³/mol. The summed E-state index contributed by atoms with van der Waals surface area (Å²) >= 11 is 0. The number of pyridine rings is 1. The van der Waals surface area contributed by atoms with Crippen molar-refractivity contribution in [2.75, 3.05) is 17.7 Å². The highest BCUT2D eigenvalue weighted by atomic mass is 19.4. The summed E-state index contributed by atoms with van der Waals surface area (Å²) in [6.45, 7) is 0. The molecule has 0 aliphatic heterocycles. The zero-order valence-corrected chi connectivity index (χ0v) is 15.3. The number of rotatable bonds is 8. The third-order valence-corrected chi connectivity index (χ3v) is 4.15. The molecule has 12 heteroatoms. The number of nitrogens with one attached hydrogen (secondary N) is 2. The number of carbonyl (C=O) groups is 1. The molecule has 1 aliphatic carbocycles. The van der Waals surface area contributed by atoms with Gasteiger partial charge in [-0.1, -0.05) is 0 Å². The van der Waals surface area contributed by atoms with Gasteiger partial charge in [-0.3, -0.25) is 9.78 Å². The Kier molecular flexibility index (Phi) is 5.73. The molecule has 2 heterocycles. The highest BCUT2D eigenvalue weighted by Crippen LogP contribution is 2.36. The Morgan fingerprint density at radius 2 is 2.10 bits per heavy atom. The van der Waals surface area contributed by atoms with Crippen LogP contribution in [0.15, 0.2) is 18.5 Å². The molecule has 0 radical (unpaired) electrons. The van der Waals surface area contributed by atoms with Crippen molar-refractivity contribution >= 4 is 23.4 Å². The van der Waals surface area contributed by atoms with Gasteiger partial charge < -0.3 is 26.2 Å². The smallest absolute Gasteiger partial charge is 0.421 e. The minimum atomic E-state index is -4.58. The molecule has 1 aliphatic rings. The molecular weight excluding hydrogens is 393 g/mol. The van der Waals surface area contributed by atoms with Crippen LogP contribution in [0.3, 0.4) is 0 Å². The first-order valence-corrected chi connectivity index (χ1v) is 8.66. The van der Waals surface area contributed by atoms with Crippen LogP contribution in [0.5, 0.6) is 5.75 Å². The van der Waals surface area contributed by atoms with Gasteiger partial charge in [-0.2, -0.15) is 18.2 Å². The Morgan fingerprint density at radius 3 is 2.69 bits per heavy atom. The summed E-state index contributed by atoms with van der Waals surface area (Å²) in [6, 6.07) is 0.326. The molecule has 1 fully saturated rings. The number of nitrogens with zero attached hydrogens (tertiary/aromatic N) is 3. The van der Waals surface area contributed by atoms with Gasteiger partial charge in [0.25, 0.3) is 0 Å². The van der Waals surface area contributed by atoms with Gasteiger partial charge in [-0.25, -0.2) is 4.98 Å². The number of alkyl halides is 3. The molecule has 0 aromatic carbocycles. The number of hydrogen-bond acceptors (Lipinski definition) is 8. The number of hydrogen-bond donors (Lipinski definition) is 4.